The molecule has 2 nitrogen and oxygen atoms in total. The number of benzene rings is 1. The van der Waals surface area contributed by atoms with E-state index in [1.165, 1.54) is 31.5 Å². The maximum Gasteiger partial charge on any atom is 0.0343 e. The fraction of sp³-hybridized carbons (Fsp3) is 0.625. The van der Waals surface area contributed by atoms with E-state index in [4.69, 9.17) is 0 Å². The van der Waals surface area contributed by atoms with Gasteiger partial charge in [-0.05, 0) is 49.9 Å². The maximum absolute atomic E-state index is 3.78. The summed E-state index contributed by atoms with van der Waals surface area (Å²) >= 11 is 0. The zero-order chi connectivity index (χ0) is 12.8. The molecule has 0 aromatic heterocycles. The second kappa shape index (κ2) is 6.91. The molecule has 0 spiro atoms. The first-order valence-electron chi connectivity index (χ1n) is 7.26. The summed E-state index contributed by atoms with van der Waals surface area (Å²) in [6.07, 6.45) is 2.62. The summed E-state index contributed by atoms with van der Waals surface area (Å²) in [6, 6.07) is 11.3. The third-order valence-electron chi connectivity index (χ3n) is 3.91. The number of hydrogen-bond acceptors (Lipinski definition) is 2. The van der Waals surface area contributed by atoms with E-state index in [1.807, 2.05) is 0 Å². The van der Waals surface area contributed by atoms with E-state index in [-0.39, 0.29) is 0 Å². The fourth-order valence-corrected chi connectivity index (χ4v) is 2.78. The largest absolute Gasteiger partial charge is 0.317 e. The second-order valence-electron chi connectivity index (χ2n) is 5.73. The van der Waals surface area contributed by atoms with Gasteiger partial charge < -0.3 is 10.6 Å². The zero-order valence-electron chi connectivity index (χ0n) is 11.7. The third-order valence-corrected chi connectivity index (χ3v) is 3.91. The molecule has 2 rings (SSSR count). The van der Waals surface area contributed by atoms with Crippen molar-refractivity contribution in [2.45, 2.75) is 32.7 Å². The Labute approximate surface area is 111 Å². The summed E-state index contributed by atoms with van der Waals surface area (Å²) in [7, 11) is 0. The molecule has 0 saturated carbocycles. The van der Waals surface area contributed by atoms with Crippen LogP contribution in [0.25, 0.3) is 0 Å². The number of hydrogen-bond donors (Lipinski definition) is 2. The van der Waals surface area contributed by atoms with Crippen LogP contribution in [0, 0.1) is 11.8 Å². The predicted molar refractivity (Wildman–Crippen MR) is 77.6 cm³/mol. The first kappa shape index (κ1) is 13.6. The smallest absolute Gasteiger partial charge is 0.0343 e. The highest BCUT2D eigenvalue weighted by Gasteiger charge is 2.18. The van der Waals surface area contributed by atoms with Gasteiger partial charge in [0, 0.05) is 6.04 Å². The normalized spacial score (nSPS) is 19.1. The van der Waals surface area contributed by atoms with Gasteiger partial charge >= 0.3 is 0 Å². The van der Waals surface area contributed by atoms with Crippen molar-refractivity contribution in [3.8, 4) is 0 Å². The lowest BCUT2D eigenvalue weighted by Crippen LogP contribution is -2.36. The number of piperidine rings is 1. The Morgan fingerprint density at radius 3 is 2.44 bits per heavy atom. The molecule has 2 N–H and O–H groups in total. The Balaban J connectivity index is 1.90. The lowest BCUT2D eigenvalue weighted by atomic mass is 9.93. The molecule has 1 aromatic rings. The van der Waals surface area contributed by atoms with Crippen LogP contribution in [0.1, 0.15) is 38.3 Å². The molecule has 1 heterocycles. The molecule has 0 amide bonds. The highest BCUT2D eigenvalue weighted by atomic mass is 14.9. The molecule has 1 unspecified atom stereocenters. The third kappa shape index (κ3) is 3.82. The summed E-state index contributed by atoms with van der Waals surface area (Å²) in [5.41, 5.74) is 1.42. The average molecular weight is 246 g/mol. The molecule has 18 heavy (non-hydrogen) atoms. The van der Waals surface area contributed by atoms with Crippen molar-refractivity contribution in [3.05, 3.63) is 35.9 Å². The Morgan fingerprint density at radius 1 is 1.17 bits per heavy atom. The van der Waals surface area contributed by atoms with Gasteiger partial charge in [-0.2, -0.15) is 0 Å². The standard InChI is InChI=1S/C16H26N2/c1-13(2)16(15-6-4-3-5-7-15)18-12-14-8-10-17-11-9-14/h3-7,13-14,16-18H,8-12H2,1-2H3. The van der Waals surface area contributed by atoms with E-state index >= 15 is 0 Å². The molecule has 1 fully saturated rings. The van der Waals surface area contributed by atoms with E-state index in [0.717, 1.165) is 12.5 Å². The number of rotatable bonds is 5. The van der Waals surface area contributed by atoms with Crippen molar-refractivity contribution >= 4 is 0 Å². The minimum absolute atomic E-state index is 0.487. The quantitative estimate of drug-likeness (QED) is 0.834. The Kier molecular flexibility index (Phi) is 5.21. The molecule has 0 radical (unpaired) electrons. The summed E-state index contributed by atoms with van der Waals surface area (Å²) in [5, 5.41) is 7.21. The lowest BCUT2D eigenvalue weighted by Gasteiger charge is -2.28. The minimum atomic E-state index is 0.487. The average Bonchev–Trinajstić information content (AvgIpc) is 2.41. The fourth-order valence-electron chi connectivity index (χ4n) is 2.78. The van der Waals surface area contributed by atoms with Gasteiger partial charge in [-0.3, -0.25) is 0 Å². The highest BCUT2D eigenvalue weighted by molar-refractivity contribution is 5.19. The van der Waals surface area contributed by atoms with E-state index in [0.29, 0.717) is 12.0 Å². The molecule has 0 bridgehead atoms. The first-order chi connectivity index (χ1) is 8.77. The van der Waals surface area contributed by atoms with Gasteiger partial charge in [0.05, 0.1) is 0 Å². The monoisotopic (exact) mass is 246 g/mol. The van der Waals surface area contributed by atoms with Crippen LogP contribution >= 0.6 is 0 Å². The summed E-state index contributed by atoms with van der Waals surface area (Å²) in [4.78, 5) is 0. The van der Waals surface area contributed by atoms with Crippen molar-refractivity contribution in [2.75, 3.05) is 19.6 Å². The molecule has 1 atom stereocenters. The van der Waals surface area contributed by atoms with Gasteiger partial charge in [-0.1, -0.05) is 44.2 Å². The first-order valence-corrected chi connectivity index (χ1v) is 7.26. The van der Waals surface area contributed by atoms with E-state index in [1.54, 1.807) is 0 Å². The molecular formula is C16H26N2. The van der Waals surface area contributed by atoms with Gasteiger partial charge in [-0.25, -0.2) is 0 Å². The van der Waals surface area contributed by atoms with Crippen LogP contribution in [0.5, 0.6) is 0 Å². The molecule has 1 aromatic carbocycles. The Hall–Kier alpha value is -0.860. The van der Waals surface area contributed by atoms with Crippen LogP contribution in [-0.4, -0.2) is 19.6 Å². The van der Waals surface area contributed by atoms with E-state index in [2.05, 4.69) is 54.8 Å². The van der Waals surface area contributed by atoms with Crippen molar-refractivity contribution in [1.29, 1.82) is 0 Å². The molecule has 0 aliphatic carbocycles. The highest BCUT2D eigenvalue weighted by Crippen LogP contribution is 2.22. The van der Waals surface area contributed by atoms with Gasteiger partial charge in [-0.15, -0.1) is 0 Å². The molecule has 100 valence electrons. The zero-order valence-corrected chi connectivity index (χ0v) is 11.7. The minimum Gasteiger partial charge on any atom is -0.317 e. The van der Waals surface area contributed by atoms with E-state index < -0.39 is 0 Å². The van der Waals surface area contributed by atoms with Crippen LogP contribution < -0.4 is 10.6 Å². The van der Waals surface area contributed by atoms with Gasteiger partial charge in [0.25, 0.3) is 0 Å². The number of nitrogens with one attached hydrogen (secondary N) is 2. The van der Waals surface area contributed by atoms with Crippen LogP contribution in [0.2, 0.25) is 0 Å². The topological polar surface area (TPSA) is 24.1 Å². The predicted octanol–water partition coefficient (Wildman–Crippen LogP) is 2.97. The summed E-state index contributed by atoms with van der Waals surface area (Å²) in [6.45, 7) is 8.12. The molecule has 1 aliphatic heterocycles. The van der Waals surface area contributed by atoms with Crippen molar-refractivity contribution in [1.82, 2.24) is 10.6 Å². The van der Waals surface area contributed by atoms with Crippen molar-refractivity contribution in [2.24, 2.45) is 11.8 Å². The lowest BCUT2D eigenvalue weighted by molar-refractivity contribution is 0.317. The van der Waals surface area contributed by atoms with Gasteiger partial charge in [0.2, 0.25) is 0 Å². The van der Waals surface area contributed by atoms with Gasteiger partial charge in [0.15, 0.2) is 0 Å². The van der Waals surface area contributed by atoms with E-state index in [9.17, 15) is 0 Å². The van der Waals surface area contributed by atoms with Crippen LogP contribution in [0.3, 0.4) is 0 Å². The van der Waals surface area contributed by atoms with Crippen molar-refractivity contribution < 1.29 is 0 Å². The van der Waals surface area contributed by atoms with Gasteiger partial charge in [0.1, 0.15) is 0 Å². The Bertz CT molecular complexity index is 328. The second-order valence-corrected chi connectivity index (χ2v) is 5.73. The molecule has 2 heteroatoms. The van der Waals surface area contributed by atoms with Crippen LogP contribution in [0.4, 0.5) is 0 Å². The maximum atomic E-state index is 3.78. The van der Waals surface area contributed by atoms with Crippen LogP contribution in [-0.2, 0) is 0 Å². The SMILES string of the molecule is CC(C)C(NCC1CCNCC1)c1ccccc1. The molecule has 1 saturated heterocycles. The van der Waals surface area contributed by atoms with Crippen molar-refractivity contribution in [3.63, 3.8) is 0 Å². The summed E-state index contributed by atoms with van der Waals surface area (Å²) < 4.78 is 0. The molecule has 1 aliphatic rings. The molecular weight excluding hydrogens is 220 g/mol. The van der Waals surface area contributed by atoms with Crippen LogP contribution in [0.15, 0.2) is 30.3 Å². The summed E-state index contributed by atoms with van der Waals surface area (Å²) in [5.74, 6) is 1.48. The Morgan fingerprint density at radius 2 is 1.83 bits per heavy atom.